The largest absolute Gasteiger partial charge is 0.347 e. The lowest BCUT2D eigenvalue weighted by molar-refractivity contribution is -0.124. The standard InChI is InChI=1S/C25H23BrN4O2/c1-17-15-18(26)11-12-20(17)29-25(32)16-27-24(31)14-13-23-28-21-9-5-6-10-22(21)30(23)19-7-3-2-4-8-19/h2-12,15H,13-14,16H2,1H3,(H,27,31)(H,29,32). The number of halogens is 1. The van der Waals surface area contributed by atoms with Crippen LogP contribution in [0.5, 0.6) is 0 Å². The number of nitrogens with zero attached hydrogens (tertiary/aromatic N) is 2. The SMILES string of the molecule is Cc1cc(Br)ccc1NC(=O)CNC(=O)CCc1nc2ccccc2n1-c1ccccc1. The van der Waals surface area contributed by atoms with Gasteiger partial charge in [0.25, 0.3) is 0 Å². The van der Waals surface area contributed by atoms with Crippen molar-refractivity contribution in [2.75, 3.05) is 11.9 Å². The summed E-state index contributed by atoms with van der Waals surface area (Å²) in [4.78, 5) is 29.4. The predicted octanol–water partition coefficient (Wildman–Crippen LogP) is 4.78. The minimum absolute atomic E-state index is 0.0799. The van der Waals surface area contributed by atoms with E-state index >= 15 is 0 Å². The fraction of sp³-hybridized carbons (Fsp3) is 0.160. The second-order valence-corrected chi connectivity index (χ2v) is 8.39. The van der Waals surface area contributed by atoms with Crippen molar-refractivity contribution in [2.24, 2.45) is 0 Å². The van der Waals surface area contributed by atoms with Crippen molar-refractivity contribution >= 4 is 44.5 Å². The van der Waals surface area contributed by atoms with E-state index in [4.69, 9.17) is 4.98 Å². The Hall–Kier alpha value is -3.45. The van der Waals surface area contributed by atoms with Gasteiger partial charge in [0.2, 0.25) is 11.8 Å². The summed E-state index contributed by atoms with van der Waals surface area (Å²) in [5.74, 6) is 0.349. The number of aromatic nitrogens is 2. The number of imidazole rings is 1. The Balaban J connectivity index is 1.38. The molecule has 1 heterocycles. The van der Waals surface area contributed by atoms with Gasteiger partial charge in [-0.3, -0.25) is 14.2 Å². The molecule has 32 heavy (non-hydrogen) atoms. The highest BCUT2D eigenvalue weighted by Crippen LogP contribution is 2.22. The van der Waals surface area contributed by atoms with Crippen LogP contribution in [0.1, 0.15) is 17.8 Å². The summed E-state index contributed by atoms with van der Waals surface area (Å²) in [5, 5.41) is 5.52. The molecule has 0 aliphatic rings. The summed E-state index contributed by atoms with van der Waals surface area (Å²) in [5.41, 5.74) is 4.55. The van der Waals surface area contributed by atoms with Crippen molar-refractivity contribution in [2.45, 2.75) is 19.8 Å². The van der Waals surface area contributed by atoms with Crippen LogP contribution in [0.3, 0.4) is 0 Å². The van der Waals surface area contributed by atoms with E-state index in [2.05, 4.69) is 31.1 Å². The smallest absolute Gasteiger partial charge is 0.243 e. The fourth-order valence-electron chi connectivity index (χ4n) is 3.56. The highest BCUT2D eigenvalue weighted by Gasteiger charge is 2.14. The summed E-state index contributed by atoms with van der Waals surface area (Å²) in [6, 6.07) is 23.5. The van der Waals surface area contributed by atoms with Gasteiger partial charge in [0.1, 0.15) is 5.82 Å². The first kappa shape index (κ1) is 21.8. The third kappa shape index (κ3) is 5.06. The molecule has 162 valence electrons. The van der Waals surface area contributed by atoms with Gasteiger partial charge in [-0.2, -0.15) is 0 Å². The lowest BCUT2D eigenvalue weighted by Crippen LogP contribution is -2.33. The molecule has 0 spiro atoms. The van der Waals surface area contributed by atoms with Crippen LogP contribution >= 0.6 is 15.9 Å². The average molecular weight is 491 g/mol. The molecule has 0 atom stereocenters. The van der Waals surface area contributed by atoms with Crippen LogP contribution in [0, 0.1) is 6.92 Å². The van der Waals surface area contributed by atoms with Crippen LogP contribution in [0.25, 0.3) is 16.7 Å². The summed E-state index contributed by atoms with van der Waals surface area (Å²) < 4.78 is 3.02. The number of carbonyl (C=O) groups is 2. The zero-order valence-corrected chi connectivity index (χ0v) is 19.2. The van der Waals surface area contributed by atoms with Crippen molar-refractivity contribution in [1.82, 2.24) is 14.9 Å². The number of anilines is 1. The Morgan fingerprint density at radius 3 is 2.50 bits per heavy atom. The number of fused-ring (bicyclic) bond motifs is 1. The molecule has 2 amide bonds. The Labute approximate surface area is 194 Å². The van der Waals surface area contributed by atoms with Crippen molar-refractivity contribution in [3.05, 3.63) is 88.7 Å². The third-order valence-corrected chi connectivity index (χ3v) is 5.62. The number of carbonyl (C=O) groups excluding carboxylic acids is 2. The molecule has 6 nitrogen and oxygen atoms in total. The summed E-state index contributed by atoms with van der Waals surface area (Å²) >= 11 is 3.40. The van der Waals surface area contributed by atoms with Gasteiger partial charge in [0, 0.05) is 28.7 Å². The van der Waals surface area contributed by atoms with E-state index in [1.165, 1.54) is 0 Å². The molecular formula is C25H23BrN4O2. The van der Waals surface area contributed by atoms with Crippen LogP contribution in [0.2, 0.25) is 0 Å². The first-order valence-corrected chi connectivity index (χ1v) is 11.1. The average Bonchev–Trinajstić information content (AvgIpc) is 3.17. The molecule has 4 rings (SSSR count). The van der Waals surface area contributed by atoms with E-state index in [-0.39, 0.29) is 24.8 Å². The maximum absolute atomic E-state index is 12.4. The number of aryl methyl sites for hydroxylation is 2. The Morgan fingerprint density at radius 2 is 1.72 bits per heavy atom. The van der Waals surface area contributed by atoms with Crippen LogP contribution in [-0.4, -0.2) is 27.9 Å². The normalized spacial score (nSPS) is 10.8. The van der Waals surface area contributed by atoms with Gasteiger partial charge in [-0.25, -0.2) is 4.98 Å². The zero-order chi connectivity index (χ0) is 22.5. The van der Waals surface area contributed by atoms with Crippen molar-refractivity contribution < 1.29 is 9.59 Å². The molecule has 0 saturated heterocycles. The van der Waals surface area contributed by atoms with Gasteiger partial charge in [0.15, 0.2) is 0 Å². The van der Waals surface area contributed by atoms with Crippen molar-refractivity contribution in [3.8, 4) is 5.69 Å². The van der Waals surface area contributed by atoms with Gasteiger partial charge in [-0.1, -0.05) is 46.3 Å². The molecule has 4 aromatic rings. The summed E-state index contributed by atoms with van der Waals surface area (Å²) in [7, 11) is 0. The number of hydrogen-bond donors (Lipinski definition) is 2. The molecular weight excluding hydrogens is 468 g/mol. The van der Waals surface area contributed by atoms with E-state index in [0.29, 0.717) is 6.42 Å². The summed E-state index contributed by atoms with van der Waals surface area (Å²) in [6.45, 7) is 1.83. The summed E-state index contributed by atoms with van der Waals surface area (Å²) in [6.07, 6.45) is 0.698. The Kier molecular flexibility index (Phi) is 6.66. The quantitative estimate of drug-likeness (QED) is 0.391. The van der Waals surface area contributed by atoms with Gasteiger partial charge < -0.3 is 10.6 Å². The number of benzene rings is 3. The topological polar surface area (TPSA) is 76.0 Å². The maximum Gasteiger partial charge on any atom is 0.243 e. The molecule has 3 aromatic carbocycles. The monoisotopic (exact) mass is 490 g/mol. The highest BCUT2D eigenvalue weighted by molar-refractivity contribution is 9.10. The molecule has 7 heteroatoms. The molecule has 0 unspecified atom stereocenters. The first-order chi connectivity index (χ1) is 15.5. The lowest BCUT2D eigenvalue weighted by Gasteiger charge is -2.11. The number of amides is 2. The molecule has 0 radical (unpaired) electrons. The Bertz CT molecular complexity index is 1270. The zero-order valence-electron chi connectivity index (χ0n) is 17.6. The van der Waals surface area contributed by atoms with E-state index in [1.54, 1.807) is 0 Å². The number of hydrogen-bond acceptors (Lipinski definition) is 3. The van der Waals surface area contributed by atoms with Gasteiger partial charge in [-0.05, 0) is 55.0 Å². The van der Waals surface area contributed by atoms with Crippen molar-refractivity contribution in [1.29, 1.82) is 0 Å². The second kappa shape index (κ2) is 9.78. The van der Waals surface area contributed by atoms with Crippen LogP contribution in [0.4, 0.5) is 5.69 Å². The molecule has 1 aromatic heterocycles. The number of rotatable bonds is 7. The lowest BCUT2D eigenvalue weighted by atomic mass is 10.2. The minimum Gasteiger partial charge on any atom is -0.347 e. The molecule has 2 N–H and O–H groups in total. The van der Waals surface area contributed by atoms with Gasteiger partial charge in [0.05, 0.1) is 17.6 Å². The van der Waals surface area contributed by atoms with Crippen LogP contribution < -0.4 is 10.6 Å². The highest BCUT2D eigenvalue weighted by atomic mass is 79.9. The molecule has 0 fully saturated rings. The van der Waals surface area contributed by atoms with E-state index in [9.17, 15) is 9.59 Å². The van der Waals surface area contributed by atoms with E-state index in [0.717, 1.165) is 38.3 Å². The maximum atomic E-state index is 12.4. The third-order valence-electron chi connectivity index (χ3n) is 5.13. The Morgan fingerprint density at radius 1 is 0.969 bits per heavy atom. The second-order valence-electron chi connectivity index (χ2n) is 7.47. The first-order valence-electron chi connectivity index (χ1n) is 10.4. The fourth-order valence-corrected chi connectivity index (χ4v) is 4.04. The van der Waals surface area contributed by atoms with Gasteiger partial charge in [-0.15, -0.1) is 0 Å². The van der Waals surface area contributed by atoms with Crippen LogP contribution in [0.15, 0.2) is 77.3 Å². The van der Waals surface area contributed by atoms with E-state index < -0.39 is 0 Å². The molecule has 0 aliphatic carbocycles. The number of para-hydroxylation sites is 3. The molecule has 0 saturated carbocycles. The molecule has 0 bridgehead atoms. The van der Waals surface area contributed by atoms with Crippen LogP contribution in [-0.2, 0) is 16.0 Å². The minimum atomic E-state index is -0.264. The van der Waals surface area contributed by atoms with E-state index in [1.807, 2.05) is 79.7 Å². The van der Waals surface area contributed by atoms with Gasteiger partial charge >= 0.3 is 0 Å². The molecule has 0 aliphatic heterocycles. The predicted molar refractivity (Wildman–Crippen MR) is 130 cm³/mol. The number of nitrogens with one attached hydrogen (secondary N) is 2. The van der Waals surface area contributed by atoms with Crippen molar-refractivity contribution in [3.63, 3.8) is 0 Å².